The second-order valence-electron chi connectivity index (χ2n) is 1.85. The van der Waals surface area contributed by atoms with E-state index in [1.54, 1.807) is 5.32 Å². The first-order valence-electron chi connectivity index (χ1n) is 2.86. The lowest BCUT2D eigenvalue weighted by molar-refractivity contribution is -0.151. The number of aliphatic carboxylic acids is 2. The van der Waals surface area contributed by atoms with Gasteiger partial charge in [-0.05, 0) is 0 Å². The Morgan fingerprint density at radius 1 is 1.33 bits per heavy atom. The number of carboxylic acids is 2. The third-order valence-electron chi connectivity index (χ3n) is 0.980. The fourth-order valence-electron chi connectivity index (χ4n) is 0.405. The Kier molecular flexibility index (Phi) is 4.12. The summed E-state index contributed by atoms with van der Waals surface area (Å²) in [5.41, 5.74) is 0. The second-order valence-corrected chi connectivity index (χ2v) is 2.22. The maximum atomic E-state index is 10.4. The van der Waals surface area contributed by atoms with Crippen molar-refractivity contribution >= 4 is 30.5 Å². The Labute approximate surface area is 73.0 Å². The zero-order chi connectivity index (χ0) is 9.72. The molecule has 0 radical (unpaired) electrons. The van der Waals surface area contributed by atoms with Crippen LogP contribution < -0.4 is 5.32 Å². The molecule has 68 valence electrons. The van der Waals surface area contributed by atoms with Crippen LogP contribution >= 0.6 is 12.6 Å². The summed E-state index contributed by atoms with van der Waals surface area (Å²) in [4.78, 5) is 30.6. The first-order chi connectivity index (χ1) is 5.49. The van der Waals surface area contributed by atoms with E-state index in [9.17, 15) is 14.4 Å². The molecule has 0 spiro atoms. The van der Waals surface area contributed by atoms with Crippen LogP contribution in [-0.4, -0.2) is 39.9 Å². The molecule has 0 aromatic carbocycles. The van der Waals surface area contributed by atoms with Crippen molar-refractivity contribution in [2.45, 2.75) is 6.04 Å². The van der Waals surface area contributed by atoms with E-state index >= 15 is 0 Å². The number of carbonyl (C=O) groups excluding carboxylic acids is 1. The lowest BCUT2D eigenvalue weighted by Gasteiger charge is -2.08. The molecule has 0 heterocycles. The summed E-state index contributed by atoms with van der Waals surface area (Å²) in [5, 5.41) is 18.2. The fraction of sp³-hybridized carbons (Fsp3) is 0.400. The largest absolute Gasteiger partial charge is 0.480 e. The molecule has 3 N–H and O–H groups in total. The summed E-state index contributed by atoms with van der Waals surface area (Å²) in [6.07, 6.45) is 0. The quantitative estimate of drug-likeness (QED) is 0.325. The lowest BCUT2D eigenvalue weighted by Crippen LogP contribution is -2.45. The first-order valence-corrected chi connectivity index (χ1v) is 3.49. The zero-order valence-corrected chi connectivity index (χ0v) is 6.75. The molecule has 12 heavy (non-hydrogen) atoms. The minimum Gasteiger partial charge on any atom is -0.480 e. The molecule has 0 saturated heterocycles. The molecule has 0 aliphatic carbocycles. The maximum Gasteiger partial charge on any atom is 0.394 e. The molecular formula is C5H7NO5S. The Bertz CT molecular complexity index is 216. The highest BCUT2D eigenvalue weighted by Crippen LogP contribution is 1.87. The monoisotopic (exact) mass is 193 g/mol. The Hall–Kier alpha value is -1.24. The van der Waals surface area contributed by atoms with Crippen molar-refractivity contribution in [3.05, 3.63) is 0 Å². The van der Waals surface area contributed by atoms with Crippen LogP contribution in [0.2, 0.25) is 0 Å². The van der Waals surface area contributed by atoms with Gasteiger partial charge in [0.1, 0.15) is 6.04 Å². The average Bonchev–Trinajstić information content (AvgIpc) is 1.98. The van der Waals surface area contributed by atoms with Crippen LogP contribution in [0.5, 0.6) is 0 Å². The van der Waals surface area contributed by atoms with Crippen LogP contribution in [0.1, 0.15) is 0 Å². The van der Waals surface area contributed by atoms with Gasteiger partial charge in [0.25, 0.3) is 0 Å². The normalized spacial score (nSPS) is 11.8. The molecule has 0 aliphatic rings. The van der Waals surface area contributed by atoms with Crippen molar-refractivity contribution in [3.63, 3.8) is 0 Å². The van der Waals surface area contributed by atoms with Crippen LogP contribution in [0.15, 0.2) is 0 Å². The van der Waals surface area contributed by atoms with E-state index in [2.05, 4.69) is 12.6 Å². The van der Waals surface area contributed by atoms with E-state index in [-0.39, 0.29) is 5.75 Å². The van der Waals surface area contributed by atoms with Crippen molar-refractivity contribution in [3.8, 4) is 0 Å². The summed E-state index contributed by atoms with van der Waals surface area (Å²) >= 11 is 3.61. The minimum absolute atomic E-state index is 0.158. The van der Waals surface area contributed by atoms with Gasteiger partial charge < -0.3 is 15.5 Å². The third-order valence-corrected chi connectivity index (χ3v) is 1.35. The van der Waals surface area contributed by atoms with Gasteiger partial charge in [-0.1, -0.05) is 0 Å². The smallest absolute Gasteiger partial charge is 0.394 e. The van der Waals surface area contributed by atoms with Crippen molar-refractivity contribution in [2.24, 2.45) is 0 Å². The Morgan fingerprint density at radius 3 is 2.08 bits per heavy atom. The Morgan fingerprint density at radius 2 is 1.83 bits per heavy atom. The van der Waals surface area contributed by atoms with Gasteiger partial charge in [-0.15, -0.1) is 0 Å². The van der Waals surface area contributed by atoms with Crippen molar-refractivity contribution in [1.82, 2.24) is 5.32 Å². The van der Waals surface area contributed by atoms with E-state index in [4.69, 9.17) is 10.2 Å². The van der Waals surface area contributed by atoms with E-state index in [0.29, 0.717) is 0 Å². The highest BCUT2D eigenvalue weighted by molar-refractivity contribution is 7.80. The highest BCUT2D eigenvalue weighted by Gasteiger charge is 2.21. The molecule has 0 aromatic heterocycles. The van der Waals surface area contributed by atoms with Gasteiger partial charge in [0.05, 0.1) is 0 Å². The van der Waals surface area contributed by atoms with E-state index in [1.165, 1.54) is 0 Å². The molecule has 1 atom stereocenters. The lowest BCUT2D eigenvalue weighted by atomic mass is 10.3. The second kappa shape index (κ2) is 4.60. The number of rotatable bonds is 3. The number of thiol groups is 1. The molecule has 1 amide bonds. The molecular weight excluding hydrogens is 186 g/mol. The molecule has 0 aromatic rings. The summed E-state index contributed by atoms with van der Waals surface area (Å²) in [7, 11) is 0. The molecule has 0 saturated carbocycles. The van der Waals surface area contributed by atoms with Crippen LogP contribution in [0.3, 0.4) is 0 Å². The summed E-state index contributed by atoms with van der Waals surface area (Å²) < 4.78 is 0. The number of carbonyl (C=O) groups is 3. The molecule has 6 nitrogen and oxygen atoms in total. The number of hydrogen-bond donors (Lipinski definition) is 4. The number of nitrogens with one attached hydrogen (secondary N) is 1. The van der Waals surface area contributed by atoms with Crippen LogP contribution in [0, 0.1) is 0 Å². The van der Waals surface area contributed by atoms with Crippen molar-refractivity contribution in [2.75, 3.05) is 5.75 Å². The van der Waals surface area contributed by atoms with Gasteiger partial charge in [-0.25, -0.2) is 9.59 Å². The predicted octanol–water partition coefficient (Wildman–Crippen LogP) is -1.43. The first kappa shape index (κ1) is 10.8. The summed E-state index contributed by atoms with van der Waals surface area (Å²) in [5.74, 6) is -4.55. The van der Waals surface area contributed by atoms with Gasteiger partial charge in [-0.2, -0.15) is 12.6 Å². The zero-order valence-electron chi connectivity index (χ0n) is 5.85. The number of amides is 1. The maximum absolute atomic E-state index is 10.4. The van der Waals surface area contributed by atoms with Gasteiger partial charge in [0.2, 0.25) is 0 Å². The highest BCUT2D eigenvalue weighted by atomic mass is 32.1. The van der Waals surface area contributed by atoms with Gasteiger partial charge in [0.15, 0.2) is 0 Å². The summed E-state index contributed by atoms with van der Waals surface area (Å²) in [6.45, 7) is 0. The van der Waals surface area contributed by atoms with Crippen molar-refractivity contribution < 1.29 is 24.6 Å². The standard InChI is InChI=1S/C5H7NO5S/c7-3(5(10)11)6-2(1-12)4(8)9/h2,12H,1H2,(H,6,7)(H,8,9)(H,10,11)/t2-/m0/s1. The van der Waals surface area contributed by atoms with Gasteiger partial charge in [0, 0.05) is 5.75 Å². The van der Waals surface area contributed by atoms with Gasteiger partial charge in [-0.3, -0.25) is 4.79 Å². The van der Waals surface area contributed by atoms with E-state index < -0.39 is 23.9 Å². The van der Waals surface area contributed by atoms with Crippen LogP contribution in [-0.2, 0) is 14.4 Å². The molecule has 0 rings (SSSR count). The van der Waals surface area contributed by atoms with Crippen molar-refractivity contribution in [1.29, 1.82) is 0 Å². The Balaban J connectivity index is 4.12. The van der Waals surface area contributed by atoms with Crippen LogP contribution in [0.4, 0.5) is 0 Å². The average molecular weight is 193 g/mol. The molecule has 0 unspecified atom stereocenters. The molecule has 0 aliphatic heterocycles. The number of hydrogen-bond acceptors (Lipinski definition) is 4. The van der Waals surface area contributed by atoms with E-state index in [0.717, 1.165) is 0 Å². The molecule has 7 heteroatoms. The SMILES string of the molecule is O=C(O)C(=O)N[C@@H](CS)C(=O)O. The minimum atomic E-state index is -1.72. The molecule has 0 fully saturated rings. The third kappa shape index (κ3) is 3.24. The predicted molar refractivity (Wildman–Crippen MR) is 41.1 cm³/mol. The van der Waals surface area contributed by atoms with Gasteiger partial charge >= 0.3 is 17.8 Å². The molecule has 0 bridgehead atoms. The van der Waals surface area contributed by atoms with Crippen LogP contribution in [0.25, 0.3) is 0 Å². The topological polar surface area (TPSA) is 104 Å². The van der Waals surface area contributed by atoms with E-state index in [1.807, 2.05) is 0 Å². The fourth-order valence-corrected chi connectivity index (χ4v) is 0.653. The summed E-state index contributed by atoms with van der Waals surface area (Å²) in [6, 6.07) is -1.27. The number of carboxylic acid groups (broad SMARTS) is 2.